The van der Waals surface area contributed by atoms with E-state index in [9.17, 15) is 0 Å². The summed E-state index contributed by atoms with van der Waals surface area (Å²) in [6.07, 6.45) is 0.703. The first-order chi connectivity index (χ1) is 4.72. The van der Waals surface area contributed by atoms with Gasteiger partial charge in [-0.15, -0.1) is 0 Å². The van der Waals surface area contributed by atoms with E-state index >= 15 is 0 Å². The lowest BCUT2D eigenvalue weighted by Crippen LogP contribution is -2.37. The van der Waals surface area contributed by atoms with Gasteiger partial charge in [0.25, 0.3) is 0 Å². The maximum absolute atomic E-state index is 9.14. The van der Waals surface area contributed by atoms with Crippen LogP contribution in [0.1, 0.15) is 20.3 Å². The Balaban J connectivity index is 3.50. The van der Waals surface area contributed by atoms with Crippen LogP contribution in [-0.4, -0.2) is 35.9 Å². The highest BCUT2D eigenvalue weighted by molar-refractivity contribution is 4.56. The van der Waals surface area contributed by atoms with Crippen molar-refractivity contribution in [2.75, 3.05) is 19.6 Å². The lowest BCUT2D eigenvalue weighted by molar-refractivity contribution is 0.0210. The van der Waals surface area contributed by atoms with Crippen molar-refractivity contribution in [2.24, 2.45) is 5.73 Å². The Morgan fingerprint density at radius 2 is 2.10 bits per heavy atom. The molecule has 0 aliphatic carbocycles. The summed E-state index contributed by atoms with van der Waals surface area (Å²) in [6, 6.07) is 0. The Labute approximate surface area is 62.8 Å². The second-order valence-corrected chi connectivity index (χ2v) is 2.46. The van der Waals surface area contributed by atoms with E-state index in [-0.39, 0.29) is 6.23 Å². The summed E-state index contributed by atoms with van der Waals surface area (Å²) in [6.45, 7) is 6.18. The minimum atomic E-state index is -0.358. The Morgan fingerprint density at radius 1 is 1.50 bits per heavy atom. The monoisotopic (exact) mass is 146 g/mol. The van der Waals surface area contributed by atoms with Gasteiger partial charge in [0.05, 0.1) is 0 Å². The van der Waals surface area contributed by atoms with Crippen molar-refractivity contribution in [3.05, 3.63) is 0 Å². The predicted molar refractivity (Wildman–Crippen MR) is 42.6 cm³/mol. The molecule has 0 fully saturated rings. The fourth-order valence-corrected chi connectivity index (χ4v) is 0.939. The van der Waals surface area contributed by atoms with Gasteiger partial charge in [-0.05, 0) is 13.3 Å². The first-order valence-electron chi connectivity index (χ1n) is 3.84. The third-order valence-electron chi connectivity index (χ3n) is 1.46. The van der Waals surface area contributed by atoms with Gasteiger partial charge < -0.3 is 10.8 Å². The zero-order valence-electron chi connectivity index (χ0n) is 6.88. The van der Waals surface area contributed by atoms with Crippen molar-refractivity contribution in [3.63, 3.8) is 0 Å². The molecule has 0 aromatic carbocycles. The number of aliphatic hydroxyl groups excluding tert-OH is 1. The van der Waals surface area contributed by atoms with E-state index in [1.807, 2.05) is 4.90 Å². The standard InChI is InChI=1S/C7H18N2O/c1-3-5-9(6-4-8)7(2)10/h7,10H,3-6,8H2,1-2H3. The van der Waals surface area contributed by atoms with Crippen LogP contribution in [-0.2, 0) is 0 Å². The van der Waals surface area contributed by atoms with Gasteiger partial charge in [0.2, 0.25) is 0 Å². The number of hydrogen-bond donors (Lipinski definition) is 2. The van der Waals surface area contributed by atoms with E-state index in [4.69, 9.17) is 10.8 Å². The molecule has 0 aromatic heterocycles. The lowest BCUT2D eigenvalue weighted by atomic mass is 10.4. The number of nitrogens with two attached hydrogens (primary N) is 1. The highest BCUT2D eigenvalue weighted by Crippen LogP contribution is 1.94. The zero-order chi connectivity index (χ0) is 7.98. The van der Waals surface area contributed by atoms with E-state index in [1.54, 1.807) is 6.92 Å². The molecule has 10 heavy (non-hydrogen) atoms. The molecule has 0 amide bonds. The molecule has 0 saturated heterocycles. The van der Waals surface area contributed by atoms with Gasteiger partial charge in [0, 0.05) is 19.6 Å². The van der Waals surface area contributed by atoms with E-state index < -0.39 is 0 Å². The summed E-state index contributed by atoms with van der Waals surface area (Å²) in [5, 5.41) is 9.14. The average Bonchev–Trinajstić information content (AvgIpc) is 1.87. The SMILES string of the molecule is CCCN(CCN)C(C)O. The highest BCUT2D eigenvalue weighted by atomic mass is 16.3. The molecule has 0 aliphatic heterocycles. The van der Waals surface area contributed by atoms with Crippen LogP contribution < -0.4 is 5.73 Å². The molecule has 62 valence electrons. The van der Waals surface area contributed by atoms with E-state index in [1.165, 1.54) is 0 Å². The van der Waals surface area contributed by atoms with Crippen LogP contribution in [0.5, 0.6) is 0 Å². The first kappa shape index (κ1) is 9.88. The largest absolute Gasteiger partial charge is 0.379 e. The van der Waals surface area contributed by atoms with Crippen LogP contribution >= 0.6 is 0 Å². The molecule has 3 N–H and O–H groups in total. The summed E-state index contributed by atoms with van der Waals surface area (Å²) in [5.41, 5.74) is 5.34. The molecule has 0 rings (SSSR count). The van der Waals surface area contributed by atoms with Crippen LogP contribution in [0.15, 0.2) is 0 Å². The summed E-state index contributed by atoms with van der Waals surface area (Å²) in [4.78, 5) is 1.96. The fourth-order valence-electron chi connectivity index (χ4n) is 0.939. The van der Waals surface area contributed by atoms with Gasteiger partial charge in [-0.1, -0.05) is 6.92 Å². The van der Waals surface area contributed by atoms with Crippen LogP contribution in [0.25, 0.3) is 0 Å². The van der Waals surface area contributed by atoms with E-state index in [0.29, 0.717) is 6.54 Å². The Kier molecular flexibility index (Phi) is 5.58. The van der Waals surface area contributed by atoms with Crippen molar-refractivity contribution < 1.29 is 5.11 Å². The topological polar surface area (TPSA) is 49.5 Å². The Morgan fingerprint density at radius 3 is 2.40 bits per heavy atom. The van der Waals surface area contributed by atoms with Crippen molar-refractivity contribution in [1.29, 1.82) is 0 Å². The maximum Gasteiger partial charge on any atom is 0.104 e. The van der Waals surface area contributed by atoms with Crippen molar-refractivity contribution >= 4 is 0 Å². The second-order valence-electron chi connectivity index (χ2n) is 2.46. The number of aliphatic hydroxyl groups is 1. The van der Waals surface area contributed by atoms with E-state index in [2.05, 4.69) is 6.92 Å². The van der Waals surface area contributed by atoms with Gasteiger partial charge in [-0.2, -0.15) is 0 Å². The van der Waals surface area contributed by atoms with Crippen LogP contribution in [0.3, 0.4) is 0 Å². The minimum Gasteiger partial charge on any atom is -0.379 e. The van der Waals surface area contributed by atoms with Gasteiger partial charge in [-0.25, -0.2) is 0 Å². The molecule has 1 atom stereocenters. The van der Waals surface area contributed by atoms with Crippen molar-refractivity contribution in [2.45, 2.75) is 26.5 Å². The molecular weight excluding hydrogens is 128 g/mol. The van der Waals surface area contributed by atoms with Crippen molar-refractivity contribution in [1.82, 2.24) is 4.90 Å². The number of rotatable bonds is 5. The first-order valence-corrected chi connectivity index (χ1v) is 3.84. The molecule has 3 heteroatoms. The normalized spacial score (nSPS) is 14.1. The molecule has 0 radical (unpaired) electrons. The van der Waals surface area contributed by atoms with Gasteiger partial charge in [0.15, 0.2) is 0 Å². The molecule has 0 bridgehead atoms. The number of hydrogen-bond acceptors (Lipinski definition) is 3. The molecular formula is C7H18N2O. The molecule has 0 heterocycles. The molecule has 1 unspecified atom stereocenters. The molecule has 0 saturated carbocycles. The number of nitrogens with zero attached hydrogens (tertiary/aromatic N) is 1. The summed E-state index contributed by atoms with van der Waals surface area (Å²) < 4.78 is 0. The van der Waals surface area contributed by atoms with Gasteiger partial charge in [0.1, 0.15) is 6.23 Å². The van der Waals surface area contributed by atoms with Gasteiger partial charge >= 0.3 is 0 Å². The maximum atomic E-state index is 9.14. The zero-order valence-corrected chi connectivity index (χ0v) is 6.88. The molecule has 0 aliphatic rings. The van der Waals surface area contributed by atoms with E-state index in [0.717, 1.165) is 19.5 Å². The van der Waals surface area contributed by atoms with Crippen LogP contribution in [0.4, 0.5) is 0 Å². The minimum absolute atomic E-state index is 0.358. The average molecular weight is 146 g/mol. The summed E-state index contributed by atoms with van der Waals surface area (Å²) in [5.74, 6) is 0. The summed E-state index contributed by atoms with van der Waals surface area (Å²) in [7, 11) is 0. The highest BCUT2D eigenvalue weighted by Gasteiger charge is 2.06. The van der Waals surface area contributed by atoms with Crippen molar-refractivity contribution in [3.8, 4) is 0 Å². The molecule has 0 aromatic rings. The fraction of sp³-hybridized carbons (Fsp3) is 1.00. The predicted octanol–water partition coefficient (Wildman–Crippen LogP) is -0.00460. The lowest BCUT2D eigenvalue weighted by Gasteiger charge is -2.23. The smallest absolute Gasteiger partial charge is 0.104 e. The second kappa shape index (κ2) is 5.65. The van der Waals surface area contributed by atoms with Gasteiger partial charge in [-0.3, -0.25) is 4.90 Å². The quantitative estimate of drug-likeness (QED) is 0.537. The molecule has 0 spiro atoms. The third kappa shape index (κ3) is 3.82. The Hall–Kier alpha value is -0.120. The third-order valence-corrected chi connectivity index (χ3v) is 1.46. The van der Waals surface area contributed by atoms with Crippen LogP contribution in [0, 0.1) is 0 Å². The van der Waals surface area contributed by atoms with Crippen LogP contribution in [0.2, 0.25) is 0 Å². The summed E-state index contributed by atoms with van der Waals surface area (Å²) >= 11 is 0. The molecule has 3 nitrogen and oxygen atoms in total. The Bertz CT molecular complexity index is 70.0.